The van der Waals surface area contributed by atoms with Crippen molar-refractivity contribution in [2.75, 3.05) is 65.6 Å². The molecule has 0 saturated carbocycles. The molecule has 0 aliphatic carbocycles. The van der Waals surface area contributed by atoms with Crippen molar-refractivity contribution in [3.05, 3.63) is 59.7 Å². The Labute approximate surface area is 311 Å². The van der Waals surface area contributed by atoms with Crippen molar-refractivity contribution in [1.82, 2.24) is 30.2 Å². The lowest BCUT2D eigenvalue weighted by molar-refractivity contribution is -0.0276. The smallest absolute Gasteiger partial charge is 0.410 e. The van der Waals surface area contributed by atoms with Gasteiger partial charge in [0.15, 0.2) is 24.1 Å². The van der Waals surface area contributed by atoms with Crippen LogP contribution in [0.2, 0.25) is 0 Å². The summed E-state index contributed by atoms with van der Waals surface area (Å²) in [6.07, 6.45) is -3.59. The van der Waals surface area contributed by atoms with Gasteiger partial charge < -0.3 is 72.1 Å². The standard InChI is InChI=1S/C34H46N12O8/c35-29(36)41-23-5-1-21(2-6-23)17-39-31(47)43-9-13-45(14-10-43)33(49)53-25-19-51-28-26(20-52-27(25)28)54-34(50)46-15-11-44(12-16-46)32(48)40-18-22-3-7-24(8-4-22)42-30(37)38/h1-8,25-28H,9-20H2,(H,39,47)(H,40,48)(H4,35,36,41)(H4,37,38,42)/t25-,26-,27?,28?/m1/s1. The summed E-state index contributed by atoms with van der Waals surface area (Å²) in [5.74, 6) is -0.0658. The van der Waals surface area contributed by atoms with Gasteiger partial charge in [-0.2, -0.15) is 0 Å². The van der Waals surface area contributed by atoms with E-state index in [1.165, 1.54) is 0 Å². The molecule has 4 fully saturated rings. The molecule has 2 aromatic rings. The molecule has 54 heavy (non-hydrogen) atoms. The molecule has 0 radical (unpaired) electrons. The third-order valence-electron chi connectivity index (χ3n) is 9.39. The van der Waals surface area contributed by atoms with E-state index >= 15 is 0 Å². The van der Waals surface area contributed by atoms with Crippen molar-refractivity contribution in [2.24, 2.45) is 32.9 Å². The maximum atomic E-state index is 13.0. The Balaban J connectivity index is 0.869. The van der Waals surface area contributed by atoms with Crippen LogP contribution >= 0.6 is 0 Å². The minimum Gasteiger partial charge on any atom is -0.441 e. The molecule has 4 aliphatic rings. The number of amides is 6. The van der Waals surface area contributed by atoms with Gasteiger partial charge in [0.05, 0.1) is 24.6 Å². The van der Waals surface area contributed by atoms with Crippen LogP contribution in [0.15, 0.2) is 58.5 Å². The highest BCUT2D eigenvalue weighted by Gasteiger charge is 2.52. The first-order valence-corrected chi connectivity index (χ1v) is 17.6. The van der Waals surface area contributed by atoms with Gasteiger partial charge in [-0.3, -0.25) is 0 Å². The van der Waals surface area contributed by atoms with Crippen molar-refractivity contribution < 1.29 is 38.1 Å². The molecule has 290 valence electrons. The van der Waals surface area contributed by atoms with E-state index in [4.69, 9.17) is 41.9 Å². The fourth-order valence-electron chi connectivity index (χ4n) is 6.48. The molecule has 4 heterocycles. The molecule has 4 saturated heterocycles. The predicted octanol–water partition coefficient (Wildman–Crippen LogP) is -0.341. The van der Waals surface area contributed by atoms with Crippen molar-refractivity contribution >= 4 is 47.5 Å². The summed E-state index contributed by atoms with van der Waals surface area (Å²) in [6, 6.07) is 13.8. The number of guanidine groups is 2. The number of urea groups is 2. The van der Waals surface area contributed by atoms with Gasteiger partial charge in [0.25, 0.3) is 0 Å². The van der Waals surface area contributed by atoms with Crippen molar-refractivity contribution in [1.29, 1.82) is 0 Å². The highest BCUT2D eigenvalue weighted by molar-refractivity contribution is 5.79. The molecule has 4 atom stereocenters. The summed E-state index contributed by atoms with van der Waals surface area (Å²) in [6.45, 7) is 3.37. The first-order chi connectivity index (χ1) is 26.0. The molecule has 2 aromatic carbocycles. The fraction of sp³-hybridized carbons (Fsp3) is 0.471. The minimum absolute atomic E-state index is 0.0329. The summed E-state index contributed by atoms with van der Waals surface area (Å²) < 4.78 is 23.3. The number of nitrogens with two attached hydrogens (primary N) is 4. The average molecular weight is 751 g/mol. The number of nitrogens with one attached hydrogen (secondary N) is 2. The van der Waals surface area contributed by atoms with Crippen LogP contribution in [0.5, 0.6) is 0 Å². The van der Waals surface area contributed by atoms with E-state index in [0.717, 1.165) is 11.1 Å². The molecule has 20 nitrogen and oxygen atoms in total. The van der Waals surface area contributed by atoms with Crippen LogP contribution in [0, 0.1) is 0 Å². The molecule has 10 N–H and O–H groups in total. The van der Waals surface area contributed by atoms with Gasteiger partial charge in [0.2, 0.25) is 0 Å². The average Bonchev–Trinajstić information content (AvgIpc) is 3.76. The Morgan fingerprint density at radius 1 is 0.574 bits per heavy atom. The van der Waals surface area contributed by atoms with Gasteiger partial charge in [-0.25, -0.2) is 29.2 Å². The molecule has 6 rings (SSSR count). The van der Waals surface area contributed by atoms with E-state index in [2.05, 4.69) is 20.6 Å². The number of carbonyl (C=O) groups excluding carboxylic acids is 4. The number of nitrogens with zero attached hydrogens (tertiary/aromatic N) is 6. The molecular weight excluding hydrogens is 704 g/mol. The van der Waals surface area contributed by atoms with Crippen LogP contribution in [0.4, 0.5) is 30.6 Å². The predicted molar refractivity (Wildman–Crippen MR) is 195 cm³/mol. The number of hydrogen-bond acceptors (Lipinski definition) is 10. The fourth-order valence-corrected chi connectivity index (χ4v) is 6.48. The number of rotatable bonds is 8. The number of ether oxygens (including phenoxy) is 4. The van der Waals surface area contributed by atoms with Gasteiger partial charge in [0, 0.05) is 65.4 Å². The van der Waals surface area contributed by atoms with E-state index in [1.54, 1.807) is 43.9 Å². The van der Waals surface area contributed by atoms with Gasteiger partial charge in [-0.05, 0) is 35.4 Å². The van der Waals surface area contributed by atoms with E-state index in [9.17, 15) is 19.2 Å². The van der Waals surface area contributed by atoms with Crippen molar-refractivity contribution in [2.45, 2.75) is 37.5 Å². The summed E-state index contributed by atoms with van der Waals surface area (Å²) in [5, 5.41) is 5.77. The lowest BCUT2D eigenvalue weighted by atomic mass is 10.1. The molecular formula is C34H46N12O8. The lowest BCUT2D eigenvalue weighted by Crippen LogP contribution is -2.54. The number of piperazine rings is 2. The molecule has 2 unspecified atom stereocenters. The molecule has 20 heteroatoms. The second-order valence-electron chi connectivity index (χ2n) is 13.1. The zero-order valence-corrected chi connectivity index (χ0v) is 29.7. The van der Waals surface area contributed by atoms with Crippen LogP contribution in [-0.4, -0.2) is 146 Å². The number of carbonyl (C=O) groups is 4. The highest BCUT2D eigenvalue weighted by atomic mass is 16.7. The van der Waals surface area contributed by atoms with Gasteiger partial charge in [-0.1, -0.05) is 24.3 Å². The largest absolute Gasteiger partial charge is 0.441 e. The Morgan fingerprint density at radius 2 is 0.907 bits per heavy atom. The monoisotopic (exact) mass is 750 g/mol. The zero-order chi connectivity index (χ0) is 38.2. The normalized spacial score (nSPS) is 22.1. The Hall–Kier alpha value is -6.02. The molecule has 0 bridgehead atoms. The third-order valence-corrected chi connectivity index (χ3v) is 9.39. The number of benzene rings is 2. The summed E-state index contributed by atoms with van der Waals surface area (Å²) in [4.78, 5) is 65.9. The molecule has 4 aliphatic heterocycles. The second-order valence-corrected chi connectivity index (χ2v) is 13.1. The molecule has 6 amide bonds. The Kier molecular flexibility index (Phi) is 12.0. The van der Waals surface area contributed by atoms with Crippen LogP contribution in [-0.2, 0) is 32.0 Å². The van der Waals surface area contributed by atoms with Crippen LogP contribution in [0.25, 0.3) is 0 Å². The first-order valence-electron chi connectivity index (χ1n) is 17.6. The quantitative estimate of drug-likeness (QED) is 0.149. The van der Waals surface area contributed by atoms with Gasteiger partial charge >= 0.3 is 24.2 Å². The summed E-state index contributed by atoms with van der Waals surface area (Å²) in [5.41, 5.74) is 24.6. The van der Waals surface area contributed by atoms with E-state index in [1.807, 2.05) is 24.3 Å². The van der Waals surface area contributed by atoms with E-state index in [0.29, 0.717) is 76.8 Å². The second kappa shape index (κ2) is 17.2. The zero-order valence-electron chi connectivity index (χ0n) is 29.7. The Morgan fingerprint density at radius 3 is 1.24 bits per heavy atom. The SMILES string of the molecule is NC(N)=Nc1ccc(CNC(=O)N2CCN(C(=O)O[C@@H]3COC4C3OC[C@H]4OC(=O)N3CCN(C(=O)NCc4ccc(N=C(N)N)cc4)CC3)CC2)cc1. The first kappa shape index (κ1) is 37.7. The Bertz CT molecular complexity index is 1580. The van der Waals surface area contributed by atoms with Crippen LogP contribution < -0.4 is 33.6 Å². The van der Waals surface area contributed by atoms with Crippen molar-refractivity contribution in [3.8, 4) is 0 Å². The maximum absolute atomic E-state index is 13.0. The van der Waals surface area contributed by atoms with Gasteiger partial charge in [-0.15, -0.1) is 0 Å². The van der Waals surface area contributed by atoms with Crippen molar-refractivity contribution in [3.63, 3.8) is 0 Å². The third kappa shape index (κ3) is 9.69. The topological polar surface area (TPSA) is 271 Å². The number of aliphatic imine (C=N–C) groups is 2. The van der Waals surface area contributed by atoms with Crippen LogP contribution in [0.3, 0.4) is 0 Å². The molecule has 0 spiro atoms. The van der Waals surface area contributed by atoms with Crippen LogP contribution in [0.1, 0.15) is 11.1 Å². The minimum atomic E-state index is -0.677. The number of hydrogen-bond donors (Lipinski definition) is 6. The van der Waals surface area contributed by atoms with E-state index < -0.39 is 36.6 Å². The van der Waals surface area contributed by atoms with Gasteiger partial charge in [0.1, 0.15) is 12.2 Å². The maximum Gasteiger partial charge on any atom is 0.410 e. The summed E-state index contributed by atoms with van der Waals surface area (Å²) >= 11 is 0. The highest BCUT2D eigenvalue weighted by Crippen LogP contribution is 2.31. The summed E-state index contributed by atoms with van der Waals surface area (Å²) in [7, 11) is 0. The van der Waals surface area contributed by atoms with E-state index in [-0.39, 0.29) is 37.2 Å². The lowest BCUT2D eigenvalue weighted by Gasteiger charge is -2.34. The number of fused-ring (bicyclic) bond motifs is 1. The molecule has 0 aromatic heterocycles.